The minimum Gasteiger partial charge on any atom is -0.544 e. The summed E-state index contributed by atoms with van der Waals surface area (Å²) in [5.41, 5.74) is 0. The predicted molar refractivity (Wildman–Crippen MR) is 222 cm³/mol. The third-order valence-corrected chi connectivity index (χ3v) is 9.42. The zero-order chi connectivity index (χ0) is 40.0. The maximum absolute atomic E-state index is 12.7. The lowest BCUT2D eigenvalue weighted by molar-refractivity contribution is -0.889. The molecule has 0 aromatic rings. The first kappa shape index (κ1) is 51.3. The number of nitrogens with zero attached hydrogens (tertiary/aromatic N) is 1. The standard InChI is InChI=1S/C46H81NO7/c1-6-8-10-12-14-16-18-20-21-22-23-25-27-29-31-33-35-37-45(49)54-42(40-52-39-38-43(46(50)51)47(3,4)5)41-53-44(48)36-34-32-30-28-26-24-19-17-15-13-11-9-7-2/h11,13-14,16-17,19-21,42-43H,6-10,12,15,18,22-41H2,1-5H3/b13-11-,16-14-,19-17-,21-20-. The van der Waals surface area contributed by atoms with Crippen molar-refractivity contribution in [1.82, 2.24) is 0 Å². The molecule has 0 bridgehead atoms. The number of quaternary nitrogens is 1. The Hall–Kier alpha value is -2.71. The summed E-state index contributed by atoms with van der Waals surface area (Å²) in [7, 11) is 5.39. The van der Waals surface area contributed by atoms with Crippen LogP contribution in [0.15, 0.2) is 48.6 Å². The van der Waals surface area contributed by atoms with Crippen LogP contribution in [0.5, 0.6) is 0 Å². The Morgan fingerprint density at radius 3 is 1.50 bits per heavy atom. The van der Waals surface area contributed by atoms with Gasteiger partial charge >= 0.3 is 11.9 Å². The molecule has 0 aliphatic rings. The molecule has 0 amide bonds. The number of carbonyl (C=O) groups excluding carboxylic acids is 3. The monoisotopic (exact) mass is 760 g/mol. The summed E-state index contributed by atoms with van der Waals surface area (Å²) in [5, 5.41) is 11.6. The van der Waals surface area contributed by atoms with Crippen LogP contribution >= 0.6 is 0 Å². The normalized spacial score (nSPS) is 13.4. The molecule has 2 unspecified atom stereocenters. The van der Waals surface area contributed by atoms with Crippen LogP contribution in [0, 0.1) is 0 Å². The molecule has 0 fully saturated rings. The van der Waals surface area contributed by atoms with E-state index in [2.05, 4.69) is 62.5 Å². The average Bonchev–Trinajstić information content (AvgIpc) is 3.12. The fraction of sp³-hybridized carbons (Fsp3) is 0.761. The molecule has 2 atom stereocenters. The van der Waals surface area contributed by atoms with Crippen molar-refractivity contribution in [2.75, 3.05) is 41.0 Å². The maximum Gasteiger partial charge on any atom is 0.306 e. The Labute approximate surface area is 331 Å². The van der Waals surface area contributed by atoms with Crippen molar-refractivity contribution in [3.05, 3.63) is 48.6 Å². The van der Waals surface area contributed by atoms with Crippen LogP contribution in [-0.2, 0) is 28.6 Å². The number of unbranched alkanes of at least 4 members (excludes halogenated alkanes) is 16. The van der Waals surface area contributed by atoms with Crippen LogP contribution in [0.3, 0.4) is 0 Å². The van der Waals surface area contributed by atoms with Crippen molar-refractivity contribution in [3.8, 4) is 0 Å². The van der Waals surface area contributed by atoms with Gasteiger partial charge in [-0.05, 0) is 70.6 Å². The fourth-order valence-electron chi connectivity index (χ4n) is 6.02. The largest absolute Gasteiger partial charge is 0.544 e. The quantitative estimate of drug-likeness (QED) is 0.0267. The molecule has 0 rings (SSSR count). The SMILES string of the molecule is CCC/C=C\C/C=C\CCCCCCCC(=O)OCC(COCCC(C(=O)[O-])[N+](C)(C)C)OC(=O)CCCCCCCCC/C=C\C/C=C\CCCCC. The van der Waals surface area contributed by atoms with Gasteiger partial charge in [-0.1, -0.05) is 133 Å². The van der Waals surface area contributed by atoms with Gasteiger partial charge in [-0.25, -0.2) is 0 Å². The highest BCUT2D eigenvalue weighted by molar-refractivity contribution is 5.70. The highest BCUT2D eigenvalue weighted by Crippen LogP contribution is 2.13. The van der Waals surface area contributed by atoms with Crippen LogP contribution in [0.4, 0.5) is 0 Å². The lowest BCUT2D eigenvalue weighted by Crippen LogP contribution is -2.55. The van der Waals surface area contributed by atoms with Crippen LogP contribution in [0.1, 0.15) is 174 Å². The molecule has 312 valence electrons. The number of carboxylic acids is 1. The van der Waals surface area contributed by atoms with Gasteiger partial charge in [0.15, 0.2) is 6.10 Å². The number of rotatable bonds is 38. The molecule has 8 heteroatoms. The molecule has 0 aromatic carbocycles. The number of aliphatic carboxylic acids is 1. The number of hydrogen-bond donors (Lipinski definition) is 0. The molecule has 0 N–H and O–H groups in total. The topological polar surface area (TPSA) is 102 Å². The van der Waals surface area contributed by atoms with Crippen molar-refractivity contribution < 1.29 is 38.2 Å². The number of ether oxygens (including phenoxy) is 3. The third-order valence-electron chi connectivity index (χ3n) is 9.42. The van der Waals surface area contributed by atoms with Crippen LogP contribution in [0.2, 0.25) is 0 Å². The number of allylic oxidation sites excluding steroid dienone is 8. The molecule has 0 spiro atoms. The number of carbonyl (C=O) groups is 3. The highest BCUT2D eigenvalue weighted by atomic mass is 16.6. The van der Waals surface area contributed by atoms with E-state index < -0.39 is 18.1 Å². The van der Waals surface area contributed by atoms with E-state index in [9.17, 15) is 19.5 Å². The van der Waals surface area contributed by atoms with Gasteiger partial charge in [-0.15, -0.1) is 0 Å². The Bertz CT molecular complexity index is 1030. The van der Waals surface area contributed by atoms with Gasteiger partial charge in [-0.2, -0.15) is 0 Å². The smallest absolute Gasteiger partial charge is 0.306 e. The minimum absolute atomic E-state index is 0.0321. The van der Waals surface area contributed by atoms with Crippen LogP contribution < -0.4 is 5.11 Å². The van der Waals surface area contributed by atoms with E-state index in [0.29, 0.717) is 12.8 Å². The van der Waals surface area contributed by atoms with Crippen molar-refractivity contribution in [2.24, 2.45) is 0 Å². The van der Waals surface area contributed by atoms with Crippen LogP contribution in [0.25, 0.3) is 0 Å². The van der Waals surface area contributed by atoms with Crippen molar-refractivity contribution >= 4 is 17.9 Å². The van der Waals surface area contributed by atoms with Gasteiger partial charge in [0.1, 0.15) is 12.6 Å². The van der Waals surface area contributed by atoms with Gasteiger partial charge in [0.25, 0.3) is 0 Å². The summed E-state index contributed by atoms with van der Waals surface area (Å²) in [6, 6.07) is -0.729. The number of hydrogen-bond acceptors (Lipinski definition) is 7. The third kappa shape index (κ3) is 35.0. The van der Waals surface area contributed by atoms with Gasteiger partial charge < -0.3 is 28.6 Å². The first-order valence-electron chi connectivity index (χ1n) is 21.7. The van der Waals surface area contributed by atoms with Crippen molar-refractivity contribution in [3.63, 3.8) is 0 Å². The van der Waals surface area contributed by atoms with E-state index in [1.54, 1.807) is 21.1 Å². The molecule has 0 aromatic heterocycles. The molecule has 0 heterocycles. The molecule has 0 saturated carbocycles. The second-order valence-corrected chi connectivity index (χ2v) is 15.6. The second-order valence-electron chi connectivity index (χ2n) is 15.6. The molecule has 0 radical (unpaired) electrons. The first-order valence-corrected chi connectivity index (χ1v) is 21.7. The highest BCUT2D eigenvalue weighted by Gasteiger charge is 2.25. The molecule has 8 nitrogen and oxygen atoms in total. The number of esters is 2. The first-order chi connectivity index (χ1) is 26.1. The Morgan fingerprint density at radius 1 is 0.556 bits per heavy atom. The van der Waals surface area contributed by atoms with Crippen LogP contribution in [-0.4, -0.2) is 75.5 Å². The molecular weight excluding hydrogens is 679 g/mol. The van der Waals surface area contributed by atoms with Gasteiger partial charge in [-0.3, -0.25) is 9.59 Å². The van der Waals surface area contributed by atoms with E-state index >= 15 is 0 Å². The minimum atomic E-state index is -1.13. The number of carboxylic acid groups (broad SMARTS) is 1. The molecule has 0 aliphatic heterocycles. The average molecular weight is 760 g/mol. The number of likely N-dealkylation sites (N-methyl/N-ethyl adjacent to an activating group) is 1. The maximum atomic E-state index is 12.7. The summed E-state index contributed by atoms with van der Waals surface area (Å²) >= 11 is 0. The summed E-state index contributed by atoms with van der Waals surface area (Å²) in [5.74, 6) is -1.77. The van der Waals surface area contributed by atoms with E-state index in [1.807, 2.05) is 0 Å². The molecular formula is C46H81NO7. The molecule has 0 aliphatic carbocycles. The summed E-state index contributed by atoms with van der Waals surface area (Å²) in [6.07, 6.45) is 42.7. The molecule has 0 saturated heterocycles. The fourth-order valence-corrected chi connectivity index (χ4v) is 6.02. The van der Waals surface area contributed by atoms with Gasteiger partial charge in [0.2, 0.25) is 0 Å². The zero-order valence-corrected chi connectivity index (χ0v) is 35.4. The van der Waals surface area contributed by atoms with E-state index in [4.69, 9.17) is 14.2 Å². The second kappa shape index (κ2) is 37.2. The summed E-state index contributed by atoms with van der Waals surface area (Å²) in [4.78, 5) is 36.8. The lowest BCUT2D eigenvalue weighted by Gasteiger charge is -2.34. The van der Waals surface area contributed by atoms with E-state index in [-0.39, 0.29) is 42.7 Å². The van der Waals surface area contributed by atoms with Crippen molar-refractivity contribution in [1.29, 1.82) is 0 Å². The summed E-state index contributed by atoms with van der Waals surface area (Å²) < 4.78 is 17.1. The Balaban J connectivity index is 4.38. The zero-order valence-electron chi connectivity index (χ0n) is 35.4. The Morgan fingerprint density at radius 2 is 1.02 bits per heavy atom. The summed E-state index contributed by atoms with van der Waals surface area (Å²) in [6.45, 7) is 4.54. The van der Waals surface area contributed by atoms with Crippen molar-refractivity contribution in [2.45, 2.75) is 187 Å². The Kier molecular flexibility index (Phi) is 35.4. The lowest BCUT2D eigenvalue weighted by atomic mass is 10.1. The van der Waals surface area contributed by atoms with E-state index in [1.165, 1.54) is 57.8 Å². The van der Waals surface area contributed by atoms with Gasteiger partial charge in [0.05, 0.1) is 40.3 Å². The van der Waals surface area contributed by atoms with E-state index in [0.717, 1.165) is 83.5 Å². The molecule has 54 heavy (non-hydrogen) atoms. The van der Waals surface area contributed by atoms with Gasteiger partial charge in [0, 0.05) is 19.3 Å². The predicted octanol–water partition coefficient (Wildman–Crippen LogP) is 10.3.